The lowest BCUT2D eigenvalue weighted by Crippen LogP contribution is -2.30. The van der Waals surface area contributed by atoms with Crippen LogP contribution < -0.4 is 10.1 Å². The van der Waals surface area contributed by atoms with E-state index in [9.17, 15) is 9.59 Å². The summed E-state index contributed by atoms with van der Waals surface area (Å²) in [6, 6.07) is 10.4. The van der Waals surface area contributed by atoms with Crippen LogP contribution in [0.3, 0.4) is 0 Å². The molecule has 1 atom stereocenters. The molecule has 25 heavy (non-hydrogen) atoms. The third kappa shape index (κ3) is 4.73. The molecule has 0 heterocycles. The van der Waals surface area contributed by atoms with Crippen LogP contribution in [0.4, 0.5) is 5.69 Å². The van der Waals surface area contributed by atoms with E-state index < -0.39 is 12.1 Å². The fourth-order valence-corrected chi connectivity index (χ4v) is 2.39. The molecule has 0 aliphatic carbocycles. The molecule has 5 nitrogen and oxygen atoms in total. The van der Waals surface area contributed by atoms with Crippen LogP contribution in [0.15, 0.2) is 36.4 Å². The molecule has 2 rings (SSSR count). The van der Waals surface area contributed by atoms with Gasteiger partial charge in [-0.25, -0.2) is 4.79 Å². The lowest BCUT2D eigenvalue weighted by molar-refractivity contribution is -0.122. The Bertz CT molecular complexity index is 804. The largest absolute Gasteiger partial charge is 0.481 e. The van der Waals surface area contributed by atoms with Crippen molar-refractivity contribution in [2.75, 3.05) is 12.4 Å². The monoisotopic (exact) mass is 361 g/mol. The van der Waals surface area contributed by atoms with E-state index in [0.29, 0.717) is 11.4 Å². The molecule has 132 valence electrons. The van der Waals surface area contributed by atoms with E-state index in [-0.39, 0.29) is 16.5 Å². The molecule has 0 bridgehead atoms. The molecule has 0 spiro atoms. The number of hydrogen-bond acceptors (Lipinski definition) is 4. The van der Waals surface area contributed by atoms with Crippen molar-refractivity contribution in [1.82, 2.24) is 0 Å². The van der Waals surface area contributed by atoms with Crippen molar-refractivity contribution >= 4 is 29.2 Å². The predicted octanol–water partition coefficient (Wildman–Crippen LogP) is 4.15. The number of carbonyl (C=O) groups is 2. The zero-order valence-corrected chi connectivity index (χ0v) is 15.3. The molecule has 0 saturated carbocycles. The Balaban J connectivity index is 2.11. The third-order valence-electron chi connectivity index (χ3n) is 3.66. The number of nitrogens with one attached hydrogen (secondary N) is 1. The highest BCUT2D eigenvalue weighted by atomic mass is 35.5. The van der Waals surface area contributed by atoms with Gasteiger partial charge in [-0.2, -0.15) is 0 Å². The minimum absolute atomic E-state index is 0.185. The molecule has 0 fully saturated rings. The Kier molecular flexibility index (Phi) is 6.04. The Labute approximate surface area is 151 Å². The van der Waals surface area contributed by atoms with Crippen molar-refractivity contribution in [2.24, 2.45) is 0 Å². The number of amides is 1. The van der Waals surface area contributed by atoms with Gasteiger partial charge >= 0.3 is 5.97 Å². The van der Waals surface area contributed by atoms with Crippen LogP contribution in [0.25, 0.3) is 0 Å². The first-order valence-electron chi connectivity index (χ1n) is 7.74. The summed E-state index contributed by atoms with van der Waals surface area (Å²) in [5.74, 6) is -0.242. The number of methoxy groups -OCH3 is 1. The molecule has 0 aliphatic rings. The van der Waals surface area contributed by atoms with Crippen molar-refractivity contribution in [3.63, 3.8) is 0 Å². The summed E-state index contributed by atoms with van der Waals surface area (Å²) in [5.41, 5.74) is 2.62. The van der Waals surface area contributed by atoms with Gasteiger partial charge in [0.1, 0.15) is 5.75 Å². The molecule has 0 aliphatic heterocycles. The molecular formula is C19H20ClNO4. The van der Waals surface area contributed by atoms with E-state index in [4.69, 9.17) is 16.3 Å². The maximum absolute atomic E-state index is 12.4. The van der Waals surface area contributed by atoms with Crippen LogP contribution in [0.5, 0.6) is 5.75 Å². The Morgan fingerprint density at radius 1 is 1.12 bits per heavy atom. The van der Waals surface area contributed by atoms with Crippen molar-refractivity contribution in [1.29, 1.82) is 0 Å². The molecule has 1 N–H and O–H groups in total. The summed E-state index contributed by atoms with van der Waals surface area (Å²) < 4.78 is 10.4. The van der Waals surface area contributed by atoms with E-state index in [0.717, 1.165) is 11.1 Å². The maximum atomic E-state index is 12.4. The van der Waals surface area contributed by atoms with Crippen LogP contribution >= 0.6 is 11.6 Å². The summed E-state index contributed by atoms with van der Waals surface area (Å²) in [5, 5.41) is 2.97. The molecule has 2 aromatic rings. The maximum Gasteiger partial charge on any atom is 0.339 e. The SMILES string of the molecule is COC(=O)c1cc(NC(=O)C(C)Oc2cc(C)ccc2C)ccc1Cl. The number of esters is 1. The van der Waals surface area contributed by atoms with E-state index in [1.165, 1.54) is 19.2 Å². The number of benzene rings is 2. The van der Waals surface area contributed by atoms with E-state index in [1.807, 2.05) is 32.0 Å². The van der Waals surface area contributed by atoms with Crippen LogP contribution in [0.2, 0.25) is 5.02 Å². The first-order chi connectivity index (χ1) is 11.8. The lowest BCUT2D eigenvalue weighted by atomic mass is 10.1. The van der Waals surface area contributed by atoms with E-state index in [2.05, 4.69) is 10.1 Å². The molecular weight excluding hydrogens is 342 g/mol. The number of hydrogen-bond donors (Lipinski definition) is 1. The number of rotatable bonds is 5. The van der Waals surface area contributed by atoms with Gasteiger partial charge in [-0.15, -0.1) is 0 Å². The smallest absolute Gasteiger partial charge is 0.339 e. The molecule has 1 unspecified atom stereocenters. The topological polar surface area (TPSA) is 64.6 Å². The lowest BCUT2D eigenvalue weighted by Gasteiger charge is -2.17. The molecule has 0 saturated heterocycles. The fourth-order valence-electron chi connectivity index (χ4n) is 2.19. The highest BCUT2D eigenvalue weighted by molar-refractivity contribution is 6.33. The normalized spacial score (nSPS) is 11.6. The van der Waals surface area contributed by atoms with Gasteiger partial charge in [-0.05, 0) is 56.2 Å². The number of aryl methyl sites for hydroxylation is 2. The highest BCUT2D eigenvalue weighted by Gasteiger charge is 2.18. The molecule has 6 heteroatoms. The zero-order chi connectivity index (χ0) is 18.6. The quantitative estimate of drug-likeness (QED) is 0.812. The second kappa shape index (κ2) is 8.03. The minimum Gasteiger partial charge on any atom is -0.481 e. The van der Waals surface area contributed by atoms with Crippen LogP contribution in [-0.2, 0) is 9.53 Å². The van der Waals surface area contributed by atoms with Gasteiger partial charge < -0.3 is 14.8 Å². The summed E-state index contributed by atoms with van der Waals surface area (Å²) in [7, 11) is 1.27. The minimum atomic E-state index is -0.710. The molecule has 2 aromatic carbocycles. The van der Waals surface area contributed by atoms with E-state index >= 15 is 0 Å². The summed E-state index contributed by atoms with van der Waals surface area (Å²) in [6.07, 6.45) is -0.710. The van der Waals surface area contributed by atoms with Crippen molar-refractivity contribution in [3.8, 4) is 5.75 Å². The second-order valence-corrected chi connectivity index (χ2v) is 6.11. The van der Waals surface area contributed by atoms with Crippen LogP contribution in [0, 0.1) is 13.8 Å². The van der Waals surface area contributed by atoms with Gasteiger partial charge in [-0.1, -0.05) is 23.7 Å². The first kappa shape index (κ1) is 18.8. The van der Waals surface area contributed by atoms with Crippen LogP contribution in [0.1, 0.15) is 28.4 Å². The predicted molar refractivity (Wildman–Crippen MR) is 97.4 cm³/mol. The molecule has 1 amide bonds. The average molecular weight is 362 g/mol. The fraction of sp³-hybridized carbons (Fsp3) is 0.263. The van der Waals surface area contributed by atoms with Crippen LogP contribution in [-0.4, -0.2) is 25.1 Å². The number of carbonyl (C=O) groups excluding carboxylic acids is 2. The standard InChI is InChI=1S/C19H20ClNO4/c1-11-5-6-12(2)17(9-11)25-13(3)18(22)21-14-7-8-16(20)15(10-14)19(23)24-4/h5-10,13H,1-4H3,(H,21,22). The summed E-state index contributed by atoms with van der Waals surface area (Å²) in [6.45, 7) is 5.54. The van der Waals surface area contributed by atoms with Crippen molar-refractivity contribution < 1.29 is 19.1 Å². The summed E-state index contributed by atoms with van der Waals surface area (Å²) >= 11 is 5.97. The van der Waals surface area contributed by atoms with Gasteiger partial charge in [-0.3, -0.25) is 4.79 Å². The van der Waals surface area contributed by atoms with Gasteiger partial charge in [0.05, 0.1) is 17.7 Å². The number of anilines is 1. The highest BCUT2D eigenvalue weighted by Crippen LogP contribution is 2.23. The number of ether oxygens (including phenoxy) is 2. The van der Waals surface area contributed by atoms with Gasteiger partial charge in [0.2, 0.25) is 0 Å². The molecule has 0 radical (unpaired) electrons. The van der Waals surface area contributed by atoms with Crippen molar-refractivity contribution in [3.05, 3.63) is 58.1 Å². The van der Waals surface area contributed by atoms with Crippen molar-refractivity contribution in [2.45, 2.75) is 26.9 Å². The summed E-state index contributed by atoms with van der Waals surface area (Å²) in [4.78, 5) is 24.0. The average Bonchev–Trinajstić information content (AvgIpc) is 2.59. The molecule has 0 aromatic heterocycles. The Morgan fingerprint density at radius 2 is 1.84 bits per heavy atom. The zero-order valence-electron chi connectivity index (χ0n) is 14.6. The number of halogens is 1. The van der Waals surface area contributed by atoms with Gasteiger partial charge in [0, 0.05) is 5.69 Å². The Morgan fingerprint density at radius 3 is 2.52 bits per heavy atom. The van der Waals surface area contributed by atoms with Gasteiger partial charge in [0.15, 0.2) is 6.10 Å². The Hall–Kier alpha value is -2.53. The third-order valence-corrected chi connectivity index (χ3v) is 3.99. The first-order valence-corrected chi connectivity index (χ1v) is 8.12. The second-order valence-electron chi connectivity index (χ2n) is 5.70. The van der Waals surface area contributed by atoms with Gasteiger partial charge in [0.25, 0.3) is 5.91 Å². The van der Waals surface area contributed by atoms with E-state index in [1.54, 1.807) is 13.0 Å².